The fraction of sp³-hybridized carbons (Fsp3) is 0.905. The van der Waals surface area contributed by atoms with Gasteiger partial charge in [0.15, 0.2) is 0 Å². The third kappa shape index (κ3) is 8.50. The van der Waals surface area contributed by atoms with Gasteiger partial charge < -0.3 is 15.0 Å². The van der Waals surface area contributed by atoms with Crippen LogP contribution in [0.1, 0.15) is 75.2 Å². The molecule has 6 nitrogen and oxygen atoms in total. The average molecular weight is 384 g/mol. The maximum Gasteiger partial charge on any atom is 0.410 e. The molecule has 1 fully saturated rings. The molecule has 1 aliphatic rings. The molecule has 0 aromatic rings. The number of nitrogens with one attached hydrogen (secondary N) is 1. The topological polar surface area (TPSA) is 61.9 Å². The van der Waals surface area contributed by atoms with Crippen LogP contribution in [0.15, 0.2) is 0 Å². The number of hydrogen-bond donors (Lipinski definition) is 1. The van der Waals surface area contributed by atoms with Gasteiger partial charge in [-0.15, -0.1) is 0 Å². The molecule has 158 valence electrons. The Bertz CT molecular complexity index is 506. The zero-order chi connectivity index (χ0) is 21.0. The van der Waals surface area contributed by atoms with Crippen molar-refractivity contribution in [2.24, 2.45) is 5.92 Å². The normalized spacial score (nSPS) is 20.3. The number of carbonyl (C=O) groups is 2. The Labute approximate surface area is 166 Å². The number of piperidine rings is 1. The largest absolute Gasteiger partial charge is 0.444 e. The maximum atomic E-state index is 12.6. The number of amides is 2. The summed E-state index contributed by atoms with van der Waals surface area (Å²) in [5.74, 6) is 0.412. The summed E-state index contributed by atoms with van der Waals surface area (Å²) >= 11 is 0. The Kier molecular flexibility index (Phi) is 8.14. The van der Waals surface area contributed by atoms with Gasteiger partial charge in [0, 0.05) is 24.7 Å². The average Bonchev–Trinajstić information content (AvgIpc) is 2.48. The molecule has 0 bridgehead atoms. The third-order valence-corrected chi connectivity index (χ3v) is 4.68. The molecule has 1 heterocycles. The van der Waals surface area contributed by atoms with Crippen molar-refractivity contribution < 1.29 is 14.3 Å². The van der Waals surface area contributed by atoms with Gasteiger partial charge >= 0.3 is 6.09 Å². The highest BCUT2D eigenvalue weighted by molar-refractivity contribution is 5.82. The summed E-state index contributed by atoms with van der Waals surface area (Å²) < 4.78 is 5.58. The minimum Gasteiger partial charge on any atom is -0.444 e. The molecule has 0 aromatic heterocycles. The lowest BCUT2D eigenvalue weighted by atomic mass is 9.95. The first-order valence-corrected chi connectivity index (χ1v) is 10.3. The SMILES string of the molecule is CC(C)N(C[C@H]1CCCN([C@@H](C)C(=O)NC(C)(C)C)C1)C(=O)OC(C)(C)C. The van der Waals surface area contributed by atoms with Crippen molar-refractivity contribution in [3.8, 4) is 0 Å². The quantitative estimate of drug-likeness (QED) is 0.787. The lowest BCUT2D eigenvalue weighted by Crippen LogP contribution is -2.54. The van der Waals surface area contributed by atoms with E-state index in [0.717, 1.165) is 25.9 Å². The second-order valence-electron chi connectivity index (χ2n) is 10.1. The van der Waals surface area contributed by atoms with Crippen LogP contribution in [0.2, 0.25) is 0 Å². The second kappa shape index (κ2) is 9.26. The summed E-state index contributed by atoms with van der Waals surface area (Å²) in [6.07, 6.45) is 1.85. The fourth-order valence-electron chi connectivity index (χ4n) is 3.33. The summed E-state index contributed by atoms with van der Waals surface area (Å²) in [6.45, 7) is 20.1. The van der Waals surface area contributed by atoms with Crippen LogP contribution in [0.25, 0.3) is 0 Å². The van der Waals surface area contributed by atoms with Crippen molar-refractivity contribution in [1.29, 1.82) is 0 Å². The first-order valence-electron chi connectivity index (χ1n) is 10.3. The monoisotopic (exact) mass is 383 g/mol. The van der Waals surface area contributed by atoms with Gasteiger partial charge in [-0.3, -0.25) is 9.69 Å². The Morgan fingerprint density at radius 1 is 1.15 bits per heavy atom. The first kappa shape index (κ1) is 23.7. The molecule has 0 aromatic carbocycles. The molecule has 1 N–H and O–H groups in total. The smallest absolute Gasteiger partial charge is 0.410 e. The van der Waals surface area contributed by atoms with Crippen LogP contribution in [0, 0.1) is 5.92 Å². The number of hydrogen-bond acceptors (Lipinski definition) is 4. The molecular weight excluding hydrogens is 342 g/mol. The van der Waals surface area contributed by atoms with Gasteiger partial charge in [0.25, 0.3) is 0 Å². The van der Waals surface area contributed by atoms with E-state index in [1.165, 1.54) is 0 Å². The molecule has 0 saturated carbocycles. The second-order valence-corrected chi connectivity index (χ2v) is 10.1. The Morgan fingerprint density at radius 3 is 2.22 bits per heavy atom. The highest BCUT2D eigenvalue weighted by Gasteiger charge is 2.32. The van der Waals surface area contributed by atoms with Crippen LogP contribution >= 0.6 is 0 Å². The van der Waals surface area contributed by atoms with Crippen molar-refractivity contribution in [3.63, 3.8) is 0 Å². The standard InChI is InChI=1S/C21H41N3O3/c1-15(2)24(19(26)27-21(7,8)9)14-17-11-10-12-23(13-17)16(3)18(25)22-20(4,5)6/h15-17H,10-14H2,1-9H3,(H,22,25)/t16-,17-/m0/s1. The van der Waals surface area contributed by atoms with Gasteiger partial charge in [-0.05, 0) is 87.6 Å². The molecule has 2 atom stereocenters. The van der Waals surface area contributed by atoms with Crippen LogP contribution < -0.4 is 5.32 Å². The number of rotatable bonds is 5. The number of ether oxygens (including phenoxy) is 1. The Morgan fingerprint density at radius 2 is 1.74 bits per heavy atom. The first-order chi connectivity index (χ1) is 12.2. The Hall–Kier alpha value is -1.30. The van der Waals surface area contributed by atoms with Crippen molar-refractivity contribution in [3.05, 3.63) is 0 Å². The molecule has 0 aliphatic carbocycles. The predicted octanol–water partition coefficient (Wildman–Crippen LogP) is 3.65. The predicted molar refractivity (Wildman–Crippen MR) is 110 cm³/mol. The van der Waals surface area contributed by atoms with Crippen molar-refractivity contribution in [1.82, 2.24) is 15.1 Å². The molecule has 0 spiro atoms. The van der Waals surface area contributed by atoms with Gasteiger partial charge in [0.1, 0.15) is 5.60 Å². The van der Waals surface area contributed by atoms with Gasteiger partial charge in [-0.25, -0.2) is 4.79 Å². The molecule has 1 saturated heterocycles. The maximum absolute atomic E-state index is 12.6. The third-order valence-electron chi connectivity index (χ3n) is 4.68. The van der Waals surface area contributed by atoms with Gasteiger partial charge in [-0.1, -0.05) is 0 Å². The summed E-state index contributed by atoms with van der Waals surface area (Å²) in [7, 11) is 0. The lowest BCUT2D eigenvalue weighted by molar-refractivity contribution is -0.128. The highest BCUT2D eigenvalue weighted by atomic mass is 16.6. The molecule has 27 heavy (non-hydrogen) atoms. The van der Waals surface area contributed by atoms with E-state index in [9.17, 15) is 9.59 Å². The van der Waals surface area contributed by atoms with E-state index in [2.05, 4.69) is 10.2 Å². The molecule has 1 aliphatic heterocycles. The molecule has 0 radical (unpaired) electrons. The summed E-state index contributed by atoms with van der Waals surface area (Å²) in [4.78, 5) is 29.2. The lowest BCUT2D eigenvalue weighted by Gasteiger charge is -2.39. The van der Waals surface area contributed by atoms with Gasteiger partial charge in [0.2, 0.25) is 5.91 Å². The summed E-state index contributed by atoms with van der Waals surface area (Å²) in [5.41, 5.74) is -0.728. The van der Waals surface area contributed by atoms with E-state index in [1.807, 2.05) is 67.2 Å². The number of likely N-dealkylation sites (tertiary alicyclic amines) is 1. The van der Waals surface area contributed by atoms with E-state index >= 15 is 0 Å². The van der Waals surface area contributed by atoms with Crippen LogP contribution in [-0.2, 0) is 9.53 Å². The number of nitrogens with zero attached hydrogens (tertiary/aromatic N) is 2. The summed E-state index contributed by atoms with van der Waals surface area (Å²) in [6, 6.07) is -0.0853. The van der Waals surface area contributed by atoms with Crippen molar-refractivity contribution >= 4 is 12.0 Å². The molecule has 6 heteroatoms. The zero-order valence-electron chi connectivity index (χ0n) is 18.9. The number of carbonyl (C=O) groups excluding carboxylic acids is 2. The van der Waals surface area contributed by atoms with E-state index in [0.29, 0.717) is 12.5 Å². The van der Waals surface area contributed by atoms with Gasteiger partial charge in [-0.2, -0.15) is 0 Å². The van der Waals surface area contributed by atoms with E-state index in [4.69, 9.17) is 4.74 Å². The van der Waals surface area contributed by atoms with Crippen LogP contribution in [0.5, 0.6) is 0 Å². The minimum absolute atomic E-state index is 0.0657. The van der Waals surface area contributed by atoms with E-state index in [1.54, 1.807) is 0 Å². The molecule has 0 unspecified atom stereocenters. The van der Waals surface area contributed by atoms with Gasteiger partial charge in [0.05, 0.1) is 6.04 Å². The fourth-order valence-corrected chi connectivity index (χ4v) is 3.33. The van der Waals surface area contributed by atoms with Crippen LogP contribution in [0.3, 0.4) is 0 Å². The molecular formula is C21H41N3O3. The Balaban J connectivity index is 2.72. The summed E-state index contributed by atoms with van der Waals surface area (Å²) in [5, 5.41) is 3.07. The van der Waals surface area contributed by atoms with E-state index < -0.39 is 5.60 Å². The van der Waals surface area contributed by atoms with Crippen molar-refractivity contribution in [2.75, 3.05) is 19.6 Å². The zero-order valence-corrected chi connectivity index (χ0v) is 18.9. The highest BCUT2D eigenvalue weighted by Crippen LogP contribution is 2.22. The minimum atomic E-state index is -0.498. The van der Waals surface area contributed by atoms with Crippen LogP contribution in [0.4, 0.5) is 4.79 Å². The van der Waals surface area contributed by atoms with Crippen molar-refractivity contribution in [2.45, 2.75) is 98.4 Å². The molecule has 2 amide bonds. The van der Waals surface area contributed by atoms with E-state index in [-0.39, 0.29) is 29.6 Å². The van der Waals surface area contributed by atoms with Crippen LogP contribution in [-0.4, -0.2) is 64.7 Å². The molecule has 1 rings (SSSR count).